The monoisotopic (exact) mass is 237 g/mol. The number of esters is 1. The summed E-state index contributed by atoms with van der Waals surface area (Å²) in [6.07, 6.45) is 0.422. The Morgan fingerprint density at radius 3 is 2.88 bits per heavy atom. The van der Waals surface area contributed by atoms with E-state index in [1.165, 1.54) is 19.2 Å². The van der Waals surface area contributed by atoms with Crippen LogP contribution >= 0.6 is 0 Å². The van der Waals surface area contributed by atoms with E-state index in [0.717, 1.165) is 0 Å². The van der Waals surface area contributed by atoms with Crippen LogP contribution in [-0.2, 0) is 15.9 Å². The van der Waals surface area contributed by atoms with E-state index in [9.17, 15) is 9.18 Å². The summed E-state index contributed by atoms with van der Waals surface area (Å²) in [7, 11) is 2.84. The zero-order chi connectivity index (χ0) is 12.4. The Kier molecular flexibility index (Phi) is 3.19. The van der Waals surface area contributed by atoms with Crippen LogP contribution in [0.5, 0.6) is 0 Å². The number of aliphatic imine (C=N–C) groups is 1. The molecule has 0 aliphatic carbocycles. The van der Waals surface area contributed by atoms with Gasteiger partial charge in [0.1, 0.15) is 11.5 Å². The van der Waals surface area contributed by atoms with Gasteiger partial charge in [-0.05, 0) is 12.1 Å². The van der Waals surface area contributed by atoms with Crippen LogP contribution in [0.1, 0.15) is 15.9 Å². The van der Waals surface area contributed by atoms with E-state index < -0.39 is 11.8 Å². The van der Waals surface area contributed by atoms with E-state index in [-0.39, 0.29) is 5.69 Å². The zero-order valence-electron chi connectivity index (χ0n) is 9.62. The summed E-state index contributed by atoms with van der Waals surface area (Å²) in [5, 5.41) is 0. The van der Waals surface area contributed by atoms with Gasteiger partial charge >= 0.3 is 5.97 Å². The van der Waals surface area contributed by atoms with E-state index in [4.69, 9.17) is 4.74 Å². The van der Waals surface area contributed by atoms with Gasteiger partial charge in [0.2, 0.25) is 0 Å². The second kappa shape index (κ2) is 4.63. The van der Waals surface area contributed by atoms with Crippen LogP contribution in [0.4, 0.5) is 10.1 Å². The first-order chi connectivity index (χ1) is 8.17. The van der Waals surface area contributed by atoms with E-state index >= 15 is 0 Å². The number of hydrogen-bond acceptors (Lipinski definition) is 4. The fourth-order valence-corrected chi connectivity index (χ4v) is 1.86. The topological polar surface area (TPSA) is 47.9 Å². The fraction of sp³-hybridized carbons (Fsp3) is 0.333. The highest BCUT2D eigenvalue weighted by molar-refractivity contribution is 6.01. The fourth-order valence-electron chi connectivity index (χ4n) is 1.86. The normalized spacial score (nSPS) is 13.2. The second-order valence-electron chi connectivity index (χ2n) is 3.70. The van der Waals surface area contributed by atoms with Gasteiger partial charge in [0.05, 0.1) is 19.3 Å². The molecule has 17 heavy (non-hydrogen) atoms. The van der Waals surface area contributed by atoms with Gasteiger partial charge in [-0.1, -0.05) is 0 Å². The molecule has 1 heterocycles. The van der Waals surface area contributed by atoms with Crippen molar-refractivity contribution in [2.45, 2.75) is 6.42 Å². The van der Waals surface area contributed by atoms with Crippen LogP contribution in [-0.4, -0.2) is 32.5 Å². The molecule has 0 aromatic heterocycles. The molecule has 0 fully saturated rings. The summed E-state index contributed by atoms with van der Waals surface area (Å²) >= 11 is 0. The predicted molar refractivity (Wildman–Crippen MR) is 60.4 cm³/mol. The van der Waals surface area contributed by atoms with Gasteiger partial charge in [0.15, 0.2) is 0 Å². The first-order valence-corrected chi connectivity index (χ1v) is 5.12. The Balaban J connectivity index is 2.43. The highest BCUT2D eigenvalue weighted by Crippen LogP contribution is 2.32. The molecule has 0 radical (unpaired) electrons. The highest BCUT2D eigenvalue weighted by atomic mass is 19.1. The molecular weight excluding hydrogens is 225 g/mol. The van der Waals surface area contributed by atoms with E-state index in [1.54, 1.807) is 7.11 Å². The summed E-state index contributed by atoms with van der Waals surface area (Å²) in [6, 6.07) is 2.65. The van der Waals surface area contributed by atoms with E-state index in [0.29, 0.717) is 29.9 Å². The Bertz CT molecular complexity index is 497. The molecule has 90 valence electrons. The molecule has 0 saturated heterocycles. The number of halogens is 1. The quantitative estimate of drug-likeness (QED) is 0.754. The molecule has 0 atom stereocenters. The van der Waals surface area contributed by atoms with Gasteiger partial charge in [-0.25, -0.2) is 9.18 Å². The summed E-state index contributed by atoms with van der Waals surface area (Å²) in [4.78, 5) is 15.6. The third-order valence-electron chi connectivity index (χ3n) is 2.60. The molecule has 2 rings (SSSR count). The minimum Gasteiger partial charge on any atom is -0.465 e. The second-order valence-corrected chi connectivity index (χ2v) is 3.70. The van der Waals surface area contributed by atoms with Gasteiger partial charge in [0, 0.05) is 24.8 Å². The molecule has 0 unspecified atom stereocenters. The Morgan fingerprint density at radius 1 is 1.47 bits per heavy atom. The van der Waals surface area contributed by atoms with Crippen LogP contribution in [0.2, 0.25) is 0 Å². The average Bonchev–Trinajstić information content (AvgIpc) is 2.74. The lowest BCUT2D eigenvalue weighted by Crippen LogP contribution is -2.10. The van der Waals surface area contributed by atoms with Gasteiger partial charge in [-0.15, -0.1) is 0 Å². The molecule has 0 bridgehead atoms. The van der Waals surface area contributed by atoms with E-state index in [2.05, 4.69) is 9.73 Å². The number of methoxy groups -OCH3 is 2. The van der Waals surface area contributed by atoms with Gasteiger partial charge in [0.25, 0.3) is 0 Å². The Hall–Kier alpha value is -1.75. The van der Waals surface area contributed by atoms with Gasteiger partial charge < -0.3 is 9.47 Å². The average molecular weight is 237 g/mol. The minimum atomic E-state index is -0.477. The number of benzene rings is 1. The van der Waals surface area contributed by atoms with Gasteiger partial charge in [-0.2, -0.15) is 0 Å². The summed E-state index contributed by atoms with van der Waals surface area (Å²) in [5.41, 5.74) is 1.86. The van der Waals surface area contributed by atoms with Crippen molar-refractivity contribution in [2.75, 3.05) is 20.8 Å². The first-order valence-electron chi connectivity index (χ1n) is 5.12. The first kappa shape index (κ1) is 11.7. The molecule has 5 heteroatoms. The molecule has 0 N–H and O–H groups in total. The number of ether oxygens (including phenoxy) is 2. The SMILES string of the molecule is COCC1=Nc2c(F)ccc(C(=O)OC)c2C1. The molecule has 0 spiro atoms. The number of carbonyl (C=O) groups excluding carboxylic acids is 1. The van der Waals surface area contributed by atoms with Crippen molar-refractivity contribution in [3.05, 3.63) is 29.1 Å². The molecule has 4 nitrogen and oxygen atoms in total. The predicted octanol–water partition coefficient (Wildman–Crippen LogP) is 1.89. The van der Waals surface area contributed by atoms with Crippen LogP contribution < -0.4 is 0 Å². The molecule has 1 aliphatic heterocycles. The van der Waals surface area contributed by atoms with Crippen molar-refractivity contribution in [1.29, 1.82) is 0 Å². The zero-order valence-corrected chi connectivity index (χ0v) is 9.62. The lowest BCUT2D eigenvalue weighted by molar-refractivity contribution is 0.0600. The highest BCUT2D eigenvalue weighted by Gasteiger charge is 2.24. The smallest absolute Gasteiger partial charge is 0.338 e. The van der Waals surface area contributed by atoms with Gasteiger partial charge in [-0.3, -0.25) is 4.99 Å². The van der Waals surface area contributed by atoms with Crippen molar-refractivity contribution in [2.24, 2.45) is 4.99 Å². The minimum absolute atomic E-state index is 0.222. The molecule has 0 saturated carbocycles. The van der Waals surface area contributed by atoms with Crippen LogP contribution in [0.15, 0.2) is 17.1 Å². The number of nitrogens with zero attached hydrogens (tertiary/aromatic N) is 1. The summed E-state index contributed by atoms with van der Waals surface area (Å²) in [5.74, 6) is -0.908. The maximum absolute atomic E-state index is 13.6. The number of carbonyl (C=O) groups is 1. The molecule has 1 aliphatic rings. The number of rotatable bonds is 3. The Morgan fingerprint density at radius 2 is 2.24 bits per heavy atom. The standard InChI is InChI=1S/C12H12FNO3/c1-16-6-7-5-9-8(12(15)17-2)3-4-10(13)11(9)14-7/h3-4H,5-6H2,1-2H3. The van der Waals surface area contributed by atoms with Crippen molar-refractivity contribution in [3.8, 4) is 0 Å². The Labute approximate surface area is 98.1 Å². The number of hydrogen-bond donors (Lipinski definition) is 0. The summed E-state index contributed by atoms with van der Waals surface area (Å²) in [6.45, 7) is 0.328. The molecule has 1 aromatic rings. The molecule has 0 amide bonds. The van der Waals surface area contributed by atoms with Crippen molar-refractivity contribution >= 4 is 17.4 Å². The lowest BCUT2D eigenvalue weighted by Gasteiger charge is -2.05. The van der Waals surface area contributed by atoms with Crippen LogP contribution in [0.3, 0.4) is 0 Å². The van der Waals surface area contributed by atoms with Crippen molar-refractivity contribution in [1.82, 2.24) is 0 Å². The summed E-state index contributed by atoms with van der Waals surface area (Å²) < 4.78 is 23.2. The van der Waals surface area contributed by atoms with Crippen LogP contribution in [0, 0.1) is 5.82 Å². The third-order valence-corrected chi connectivity index (χ3v) is 2.60. The molecular formula is C12H12FNO3. The van der Waals surface area contributed by atoms with Crippen molar-refractivity contribution < 1.29 is 18.7 Å². The third kappa shape index (κ3) is 2.06. The van der Waals surface area contributed by atoms with Crippen LogP contribution in [0.25, 0.3) is 0 Å². The number of fused-ring (bicyclic) bond motifs is 1. The van der Waals surface area contributed by atoms with E-state index in [1.807, 2.05) is 0 Å². The van der Waals surface area contributed by atoms with Crippen molar-refractivity contribution in [3.63, 3.8) is 0 Å². The molecule has 1 aromatic carbocycles. The maximum atomic E-state index is 13.6. The maximum Gasteiger partial charge on any atom is 0.338 e. The largest absolute Gasteiger partial charge is 0.465 e. The lowest BCUT2D eigenvalue weighted by atomic mass is 10.0.